The molecule has 3 N–H and O–H groups in total. The minimum atomic E-state index is -0.881. The molecule has 0 saturated heterocycles. The number of phenolic OH excluding ortho intramolecular Hbond substituents is 1. The van der Waals surface area contributed by atoms with Crippen LogP contribution in [0.1, 0.15) is 91.2 Å². The van der Waals surface area contributed by atoms with Crippen LogP contribution in [-0.2, 0) is 14.3 Å². The third-order valence-electron chi connectivity index (χ3n) is 5.86. The summed E-state index contributed by atoms with van der Waals surface area (Å²) in [5.41, 5.74) is -0.0801. The highest BCUT2D eigenvalue weighted by atomic mass is 16.6. The quantitative estimate of drug-likeness (QED) is 0.490. The van der Waals surface area contributed by atoms with E-state index in [1.165, 1.54) is 23.5 Å². The van der Waals surface area contributed by atoms with Crippen molar-refractivity contribution in [3.63, 3.8) is 0 Å². The van der Waals surface area contributed by atoms with Crippen molar-refractivity contribution in [3.05, 3.63) is 29.8 Å². The highest BCUT2D eigenvalue weighted by Crippen LogP contribution is 2.26. The number of ether oxygens (including phenoxy) is 1. The number of carbonyl (C=O) groups is 3. The van der Waals surface area contributed by atoms with E-state index in [4.69, 9.17) is 4.74 Å². The van der Waals surface area contributed by atoms with Crippen molar-refractivity contribution in [2.45, 2.75) is 103 Å². The average Bonchev–Trinajstić information content (AvgIpc) is 2.76. The molecule has 0 spiro atoms. The molecule has 1 saturated carbocycles. The van der Waals surface area contributed by atoms with Crippen molar-refractivity contribution in [2.24, 2.45) is 0 Å². The van der Waals surface area contributed by atoms with Gasteiger partial charge in [0.05, 0.1) is 0 Å². The van der Waals surface area contributed by atoms with E-state index in [2.05, 4.69) is 10.6 Å². The normalized spacial score (nSPS) is 16.3. The van der Waals surface area contributed by atoms with Crippen LogP contribution in [0.25, 0.3) is 0 Å². The molecule has 190 valence electrons. The molecule has 34 heavy (non-hydrogen) atoms. The highest BCUT2D eigenvalue weighted by Gasteiger charge is 2.35. The number of carbonyl (C=O) groups excluding carboxylic acids is 3. The van der Waals surface area contributed by atoms with Gasteiger partial charge < -0.3 is 25.4 Å². The molecule has 1 aromatic rings. The first-order chi connectivity index (χ1) is 16.0. The van der Waals surface area contributed by atoms with E-state index in [9.17, 15) is 19.5 Å². The Bertz CT molecular complexity index is 813. The topological polar surface area (TPSA) is 108 Å². The zero-order valence-corrected chi connectivity index (χ0v) is 21.2. The van der Waals surface area contributed by atoms with Gasteiger partial charge in [-0.1, -0.05) is 44.7 Å². The predicted molar refractivity (Wildman–Crippen MR) is 131 cm³/mol. The first-order valence-corrected chi connectivity index (χ1v) is 12.4. The lowest BCUT2D eigenvalue weighted by molar-refractivity contribution is -0.142. The molecule has 1 aliphatic rings. The first-order valence-electron chi connectivity index (χ1n) is 12.4. The number of hydrogen-bond donors (Lipinski definition) is 3. The average molecular weight is 476 g/mol. The Morgan fingerprint density at radius 2 is 1.74 bits per heavy atom. The second kappa shape index (κ2) is 12.6. The van der Waals surface area contributed by atoms with Gasteiger partial charge in [0.2, 0.25) is 11.8 Å². The summed E-state index contributed by atoms with van der Waals surface area (Å²) in [6.07, 6.45) is 6.02. The smallest absolute Gasteiger partial charge is 0.408 e. The highest BCUT2D eigenvalue weighted by molar-refractivity contribution is 5.92. The molecule has 0 bridgehead atoms. The van der Waals surface area contributed by atoms with Crippen LogP contribution in [0.3, 0.4) is 0 Å². The number of rotatable bonds is 9. The number of nitrogens with zero attached hydrogens (tertiary/aromatic N) is 1. The van der Waals surface area contributed by atoms with Crippen LogP contribution >= 0.6 is 0 Å². The van der Waals surface area contributed by atoms with Crippen molar-refractivity contribution in [1.82, 2.24) is 15.5 Å². The lowest BCUT2D eigenvalue weighted by atomic mass is 9.94. The summed E-state index contributed by atoms with van der Waals surface area (Å²) in [6.45, 7) is 9.23. The Balaban J connectivity index is 2.31. The van der Waals surface area contributed by atoms with Gasteiger partial charge in [-0.15, -0.1) is 0 Å². The molecular weight excluding hydrogens is 434 g/mol. The second-order valence-electron chi connectivity index (χ2n) is 10.1. The van der Waals surface area contributed by atoms with E-state index in [-0.39, 0.29) is 23.6 Å². The Hall–Kier alpha value is -2.77. The minimum Gasteiger partial charge on any atom is -0.508 e. The Morgan fingerprint density at radius 3 is 2.29 bits per heavy atom. The largest absolute Gasteiger partial charge is 0.508 e. The van der Waals surface area contributed by atoms with E-state index in [1.54, 1.807) is 39.8 Å². The molecule has 2 unspecified atom stereocenters. The summed E-state index contributed by atoms with van der Waals surface area (Å²) >= 11 is 0. The van der Waals surface area contributed by atoms with Crippen molar-refractivity contribution >= 4 is 17.9 Å². The van der Waals surface area contributed by atoms with Crippen LogP contribution < -0.4 is 10.6 Å². The van der Waals surface area contributed by atoms with E-state index < -0.39 is 23.8 Å². The zero-order valence-electron chi connectivity index (χ0n) is 21.2. The molecule has 2 rings (SSSR count). The van der Waals surface area contributed by atoms with Crippen molar-refractivity contribution < 1.29 is 24.2 Å². The number of aromatic hydroxyl groups is 1. The maximum absolute atomic E-state index is 13.6. The second-order valence-corrected chi connectivity index (χ2v) is 10.1. The molecule has 0 radical (unpaired) electrons. The number of amides is 3. The predicted octanol–water partition coefficient (Wildman–Crippen LogP) is 4.42. The lowest BCUT2D eigenvalue weighted by Gasteiger charge is -2.35. The summed E-state index contributed by atoms with van der Waals surface area (Å²) in [6, 6.07) is 4.69. The maximum Gasteiger partial charge on any atom is 0.408 e. The van der Waals surface area contributed by atoms with E-state index in [1.807, 2.05) is 6.92 Å². The van der Waals surface area contributed by atoms with Crippen molar-refractivity contribution in [1.29, 1.82) is 0 Å². The zero-order chi connectivity index (χ0) is 25.3. The summed E-state index contributed by atoms with van der Waals surface area (Å²) in [5, 5.41) is 15.5. The van der Waals surface area contributed by atoms with Gasteiger partial charge >= 0.3 is 6.09 Å². The third-order valence-corrected chi connectivity index (χ3v) is 5.86. The number of nitrogens with one attached hydrogen (secondary N) is 2. The summed E-state index contributed by atoms with van der Waals surface area (Å²) < 4.78 is 5.30. The molecule has 1 fully saturated rings. The Labute approximate surface area is 203 Å². The molecule has 0 heterocycles. The van der Waals surface area contributed by atoms with Crippen LogP contribution in [0.5, 0.6) is 5.75 Å². The Morgan fingerprint density at radius 1 is 1.12 bits per heavy atom. The summed E-state index contributed by atoms with van der Waals surface area (Å²) in [7, 11) is 0. The maximum atomic E-state index is 13.6. The molecule has 8 nitrogen and oxygen atoms in total. The monoisotopic (exact) mass is 475 g/mol. The summed E-state index contributed by atoms with van der Waals surface area (Å²) in [5.74, 6) is -0.524. The SMILES string of the molecule is CCCCN(C(=O)C(C)NC(=O)OC(C)(C)C)C(C(=O)NC1CCCCC1)c1ccc(O)cc1. The molecule has 3 amide bonds. The van der Waals surface area contributed by atoms with E-state index in [0.29, 0.717) is 18.5 Å². The standard InChI is InChI=1S/C26H41N3O5/c1-6-7-17-29(24(32)18(2)27-25(33)34-26(3,4)5)22(19-13-15-21(30)16-14-19)23(31)28-20-11-9-8-10-12-20/h13-16,18,20,22,30H,6-12,17H2,1-5H3,(H,27,33)(H,28,31). The van der Waals surface area contributed by atoms with Gasteiger partial charge in [0, 0.05) is 12.6 Å². The van der Waals surface area contributed by atoms with Crippen molar-refractivity contribution in [3.8, 4) is 5.75 Å². The molecule has 8 heteroatoms. The van der Waals surface area contributed by atoms with E-state index >= 15 is 0 Å². The van der Waals surface area contributed by atoms with Gasteiger partial charge in [0.25, 0.3) is 0 Å². The molecule has 0 aromatic heterocycles. The number of phenols is 1. The third kappa shape index (κ3) is 8.54. The van der Waals surface area contributed by atoms with Crippen LogP contribution in [0.2, 0.25) is 0 Å². The Kier molecular flexibility index (Phi) is 10.2. The fraction of sp³-hybridized carbons (Fsp3) is 0.654. The first kappa shape index (κ1) is 27.5. The van der Waals surface area contributed by atoms with Crippen LogP contribution in [0.15, 0.2) is 24.3 Å². The van der Waals surface area contributed by atoms with Gasteiger partial charge in [-0.2, -0.15) is 0 Å². The van der Waals surface area contributed by atoms with E-state index in [0.717, 1.165) is 32.1 Å². The van der Waals surface area contributed by atoms with Gasteiger partial charge in [0.15, 0.2) is 0 Å². The molecule has 1 aromatic carbocycles. The molecule has 2 atom stereocenters. The summed E-state index contributed by atoms with van der Waals surface area (Å²) in [4.78, 5) is 40.9. The van der Waals surface area contributed by atoms with Crippen LogP contribution in [-0.4, -0.2) is 52.1 Å². The fourth-order valence-corrected chi connectivity index (χ4v) is 4.15. The van der Waals surface area contributed by atoms with Crippen LogP contribution in [0.4, 0.5) is 4.79 Å². The van der Waals surface area contributed by atoms with Gasteiger partial charge in [0.1, 0.15) is 23.4 Å². The van der Waals surface area contributed by atoms with Gasteiger partial charge in [-0.3, -0.25) is 9.59 Å². The minimum absolute atomic E-state index is 0.0845. The number of benzene rings is 1. The van der Waals surface area contributed by atoms with Gasteiger partial charge in [-0.25, -0.2) is 4.79 Å². The molecule has 1 aliphatic carbocycles. The number of hydrogen-bond acceptors (Lipinski definition) is 5. The van der Waals surface area contributed by atoms with Crippen LogP contribution in [0, 0.1) is 0 Å². The lowest BCUT2D eigenvalue weighted by Crippen LogP contribution is -2.53. The van der Waals surface area contributed by atoms with Crippen molar-refractivity contribution in [2.75, 3.05) is 6.54 Å². The molecule has 0 aliphatic heterocycles. The number of alkyl carbamates (subject to hydrolysis) is 1. The molecular formula is C26H41N3O5. The van der Waals surface area contributed by atoms with Gasteiger partial charge in [-0.05, 0) is 64.7 Å². The fourth-order valence-electron chi connectivity index (χ4n) is 4.15. The number of unbranched alkanes of at least 4 members (excludes halogenated alkanes) is 1.